The minimum atomic E-state index is 0.691. The summed E-state index contributed by atoms with van der Waals surface area (Å²) in [7, 11) is 3.30. The van der Waals surface area contributed by atoms with Crippen molar-refractivity contribution < 1.29 is 37.0 Å². The van der Waals surface area contributed by atoms with Gasteiger partial charge in [-0.1, -0.05) is 0 Å². The van der Waals surface area contributed by atoms with Crippen LogP contribution < -0.4 is 0 Å². The normalized spacial score (nSPS) is 14.0. The zero-order chi connectivity index (χ0) is 11.1. The third-order valence-corrected chi connectivity index (χ3v) is 1.32. The fourth-order valence-electron chi connectivity index (χ4n) is 0.677. The fraction of sp³-hybridized carbons (Fsp3) is 1.00. The molecule has 1 aliphatic rings. The van der Waals surface area contributed by atoms with Crippen molar-refractivity contribution in [3.05, 3.63) is 0 Å². The van der Waals surface area contributed by atoms with Crippen molar-refractivity contribution in [3.63, 3.8) is 0 Å². The van der Waals surface area contributed by atoms with Gasteiger partial charge in [0.2, 0.25) is 0 Å². The molecular formula is C8H18I2O3Tm. The summed E-state index contributed by atoms with van der Waals surface area (Å²) in [5, 5.41) is 0. The molecule has 14 heavy (non-hydrogen) atoms. The first-order valence-electron chi connectivity index (χ1n) is 4.18. The summed E-state index contributed by atoms with van der Waals surface area (Å²) >= 11 is 5.46. The van der Waals surface area contributed by atoms with Gasteiger partial charge >= 0.3 is 53.2 Å². The fourth-order valence-corrected chi connectivity index (χ4v) is 0.677. The van der Waals surface area contributed by atoms with Gasteiger partial charge in [-0.25, -0.2) is 0 Å². The molecule has 1 saturated heterocycles. The van der Waals surface area contributed by atoms with Gasteiger partial charge in [-0.2, -0.15) is 0 Å². The number of halogens is 2. The molecule has 0 saturated carbocycles. The van der Waals surface area contributed by atoms with E-state index in [2.05, 4.69) is 39.9 Å². The molecular weight excluding hydrogens is 567 g/mol. The van der Waals surface area contributed by atoms with Crippen LogP contribution in [-0.2, 0) is 14.2 Å². The van der Waals surface area contributed by atoms with E-state index in [-0.39, 0.29) is 0 Å². The van der Waals surface area contributed by atoms with Crippen LogP contribution in [0, 0.1) is 22.8 Å². The molecule has 0 aromatic heterocycles. The van der Waals surface area contributed by atoms with E-state index >= 15 is 0 Å². The number of ether oxygens (including phenoxy) is 3. The Morgan fingerprint density at radius 3 is 1.57 bits per heavy atom. The molecule has 0 bridgehead atoms. The molecule has 3 nitrogen and oxygen atoms in total. The summed E-state index contributed by atoms with van der Waals surface area (Å²) in [5.41, 5.74) is 0. The second-order valence-electron chi connectivity index (χ2n) is 2.34. The van der Waals surface area contributed by atoms with Crippen LogP contribution in [0.1, 0.15) is 12.8 Å². The summed E-state index contributed by atoms with van der Waals surface area (Å²) in [6.07, 6.45) is 2.56. The molecule has 1 rings (SSSR count). The van der Waals surface area contributed by atoms with E-state index in [9.17, 15) is 0 Å². The second kappa shape index (κ2) is 20.9. The molecule has 1 fully saturated rings. The number of rotatable bonds is 3. The zero-order valence-corrected chi connectivity index (χ0v) is 14.6. The summed E-state index contributed by atoms with van der Waals surface area (Å²) in [4.78, 5) is 0. The van der Waals surface area contributed by atoms with Crippen LogP contribution in [0.5, 0.6) is 0 Å². The maximum atomic E-state index is 4.94. The first kappa shape index (κ1) is 18.9. The molecule has 6 heteroatoms. The Bertz CT molecular complexity index is 73.4. The molecule has 0 N–H and O–H groups in total. The Labute approximate surface area is 119 Å². The van der Waals surface area contributed by atoms with E-state index in [1.54, 1.807) is 14.2 Å². The molecule has 0 aliphatic carbocycles. The SMILES string of the molecule is C1CCOC1.COCCOC.[I][Tm][I]. The Kier molecular flexibility index (Phi) is 28.3. The molecule has 0 unspecified atom stereocenters. The van der Waals surface area contributed by atoms with Crippen LogP contribution in [0.4, 0.5) is 0 Å². The van der Waals surface area contributed by atoms with Crippen molar-refractivity contribution >= 4 is 30.5 Å². The number of hydrogen-bond donors (Lipinski definition) is 0. The molecule has 0 radical (unpaired) electrons. The van der Waals surface area contributed by atoms with Gasteiger partial charge in [0.1, 0.15) is 0 Å². The molecule has 0 aromatic carbocycles. The van der Waals surface area contributed by atoms with E-state index in [0.29, 0.717) is 13.2 Å². The van der Waals surface area contributed by atoms with Gasteiger partial charge in [0.25, 0.3) is 0 Å². The third-order valence-electron chi connectivity index (χ3n) is 1.32. The predicted octanol–water partition coefficient (Wildman–Crippen LogP) is 2.85. The van der Waals surface area contributed by atoms with Crippen LogP contribution in [0.3, 0.4) is 0 Å². The van der Waals surface area contributed by atoms with Crippen LogP contribution in [-0.4, -0.2) is 40.6 Å². The van der Waals surface area contributed by atoms with Gasteiger partial charge in [-0.3, -0.25) is 0 Å². The Morgan fingerprint density at radius 1 is 1.07 bits per heavy atom. The van der Waals surface area contributed by atoms with E-state index in [4.69, 9.17) is 4.74 Å². The summed E-state index contributed by atoms with van der Waals surface area (Å²) in [6, 6.07) is 0. The van der Waals surface area contributed by atoms with Gasteiger partial charge in [0.05, 0.1) is 13.2 Å². The van der Waals surface area contributed by atoms with Gasteiger partial charge in [0, 0.05) is 27.4 Å². The molecule has 95 valence electrons. The van der Waals surface area contributed by atoms with Crippen LogP contribution in [0.15, 0.2) is 0 Å². The molecule has 0 atom stereocenters. The molecule has 0 aromatic rings. The second-order valence-corrected chi connectivity index (χ2v) is 15.5. The Balaban J connectivity index is 0. The van der Waals surface area contributed by atoms with Gasteiger partial charge in [0.15, 0.2) is 0 Å². The zero-order valence-electron chi connectivity index (χ0n) is 8.50. The topological polar surface area (TPSA) is 27.7 Å². The standard InChI is InChI=1S/C4H10O2.C4H8O.2HI.Tm/c1-5-3-4-6-2;1-2-4-5-3-1;;;/h3-4H2,1-2H3;1-4H2;2*1H;/q;;;;+2/p-2. The molecule has 0 amide bonds. The van der Waals surface area contributed by atoms with Crippen molar-refractivity contribution in [2.75, 3.05) is 40.6 Å². The molecule has 1 heterocycles. The van der Waals surface area contributed by atoms with Gasteiger partial charge in [-0.05, 0) is 12.8 Å². The maximum absolute atomic E-state index is 4.94. The Morgan fingerprint density at radius 2 is 1.43 bits per heavy atom. The van der Waals surface area contributed by atoms with Crippen molar-refractivity contribution in [1.82, 2.24) is 0 Å². The molecule has 0 spiro atoms. The van der Waals surface area contributed by atoms with E-state index in [1.165, 1.54) is 12.8 Å². The van der Waals surface area contributed by atoms with E-state index in [1.807, 2.05) is 0 Å². The van der Waals surface area contributed by atoms with E-state index < -0.39 is 0 Å². The Hall–Kier alpha value is 2.57. The monoisotopic (exact) mass is 585 g/mol. The van der Waals surface area contributed by atoms with Crippen molar-refractivity contribution in [2.24, 2.45) is 0 Å². The van der Waals surface area contributed by atoms with E-state index in [0.717, 1.165) is 36.0 Å². The number of methoxy groups -OCH3 is 2. The summed E-state index contributed by atoms with van der Waals surface area (Å²) in [6.45, 7) is 3.38. The van der Waals surface area contributed by atoms with Gasteiger partial charge in [-0.15, -0.1) is 0 Å². The predicted molar refractivity (Wildman–Crippen MR) is 71.8 cm³/mol. The average Bonchev–Trinajstić information content (AvgIpc) is 2.74. The van der Waals surface area contributed by atoms with Crippen molar-refractivity contribution in [2.45, 2.75) is 12.8 Å². The van der Waals surface area contributed by atoms with Gasteiger partial charge < -0.3 is 14.2 Å². The quantitative estimate of drug-likeness (QED) is 0.377. The van der Waals surface area contributed by atoms with Crippen molar-refractivity contribution in [1.29, 1.82) is 0 Å². The van der Waals surface area contributed by atoms with Crippen LogP contribution >= 0.6 is 30.5 Å². The summed E-state index contributed by atoms with van der Waals surface area (Å²) in [5.74, 6) is 0. The first-order valence-corrected chi connectivity index (χ1v) is 14.4. The summed E-state index contributed by atoms with van der Waals surface area (Å²) < 4.78 is 14.3. The average molecular weight is 585 g/mol. The van der Waals surface area contributed by atoms with Crippen LogP contribution in [0.25, 0.3) is 0 Å². The third kappa shape index (κ3) is 24.0. The molecule has 1 aliphatic heterocycles. The first-order chi connectivity index (χ1) is 6.83. The van der Waals surface area contributed by atoms with Crippen molar-refractivity contribution in [3.8, 4) is 0 Å². The van der Waals surface area contributed by atoms with Crippen LogP contribution in [0.2, 0.25) is 0 Å². The minimum absolute atomic E-state index is 0.691. The number of hydrogen-bond acceptors (Lipinski definition) is 3.